The Labute approximate surface area is 87.2 Å². The smallest absolute Gasteiger partial charge is 0.348 e. The van der Waals surface area contributed by atoms with Gasteiger partial charge in [0.05, 0.1) is 5.71 Å². The summed E-state index contributed by atoms with van der Waals surface area (Å²) in [7, 11) is 0. The van der Waals surface area contributed by atoms with Crippen molar-refractivity contribution in [2.24, 2.45) is 5.16 Å². The van der Waals surface area contributed by atoms with Gasteiger partial charge in [-0.15, -0.1) is 0 Å². The number of carboxylic acids is 1. The third kappa shape index (κ3) is 1.98. The largest absolute Gasteiger partial charge is 0.478 e. The molecule has 1 N–H and O–H groups in total. The number of nitrogens with zero attached hydrogens (tertiary/aromatic N) is 1. The van der Waals surface area contributed by atoms with E-state index in [2.05, 4.69) is 5.16 Å². The van der Waals surface area contributed by atoms with Crippen molar-refractivity contribution in [3.8, 4) is 0 Å². The maximum absolute atomic E-state index is 10.6. The molecule has 4 nitrogen and oxygen atoms in total. The Morgan fingerprint density at radius 1 is 1.47 bits per heavy atom. The molecule has 1 aromatic rings. The molecule has 15 heavy (non-hydrogen) atoms. The van der Waals surface area contributed by atoms with Gasteiger partial charge >= 0.3 is 5.97 Å². The van der Waals surface area contributed by atoms with Gasteiger partial charge in [0.2, 0.25) is 6.10 Å². The summed E-state index contributed by atoms with van der Waals surface area (Å²) in [4.78, 5) is 15.4. The molecule has 0 saturated carbocycles. The highest BCUT2D eigenvalue weighted by Crippen LogP contribution is 2.17. The highest BCUT2D eigenvalue weighted by molar-refractivity contribution is 6.03. The summed E-state index contributed by atoms with van der Waals surface area (Å²) in [6.45, 7) is 2.00. The van der Waals surface area contributed by atoms with Crippen LogP contribution in [0, 0.1) is 6.92 Å². The second-order valence-electron chi connectivity index (χ2n) is 3.54. The monoisotopic (exact) mass is 205 g/mol. The molecule has 2 rings (SSSR count). The van der Waals surface area contributed by atoms with Crippen LogP contribution in [0.3, 0.4) is 0 Å². The molecule has 0 bridgehead atoms. The van der Waals surface area contributed by atoms with Crippen molar-refractivity contribution in [1.82, 2.24) is 0 Å². The topological polar surface area (TPSA) is 58.9 Å². The van der Waals surface area contributed by atoms with Crippen molar-refractivity contribution in [1.29, 1.82) is 0 Å². The van der Waals surface area contributed by atoms with Gasteiger partial charge < -0.3 is 9.94 Å². The normalized spacial score (nSPS) is 19.5. The predicted molar refractivity (Wildman–Crippen MR) is 54.8 cm³/mol. The Balaban J connectivity index is 2.14. The number of carbonyl (C=O) groups is 1. The second kappa shape index (κ2) is 3.73. The number of carboxylic acid groups (broad SMARTS) is 1. The fourth-order valence-corrected chi connectivity index (χ4v) is 1.43. The summed E-state index contributed by atoms with van der Waals surface area (Å²) in [5.41, 5.74) is 2.78. The molecule has 0 aliphatic carbocycles. The number of aryl methyl sites for hydroxylation is 1. The molecule has 0 amide bonds. The van der Waals surface area contributed by atoms with E-state index < -0.39 is 12.1 Å². The number of benzene rings is 1. The zero-order chi connectivity index (χ0) is 10.8. The number of hydrogen-bond acceptors (Lipinski definition) is 3. The summed E-state index contributed by atoms with van der Waals surface area (Å²) in [5, 5.41) is 12.5. The zero-order valence-electron chi connectivity index (χ0n) is 8.30. The van der Waals surface area contributed by atoms with Gasteiger partial charge in [-0.05, 0) is 12.5 Å². The third-order valence-electron chi connectivity index (χ3n) is 2.33. The Morgan fingerprint density at radius 3 is 2.67 bits per heavy atom. The third-order valence-corrected chi connectivity index (χ3v) is 2.33. The van der Waals surface area contributed by atoms with Crippen LogP contribution in [0.1, 0.15) is 17.5 Å². The summed E-state index contributed by atoms with van der Waals surface area (Å²) in [6.07, 6.45) is -0.500. The van der Waals surface area contributed by atoms with Crippen LogP contribution in [-0.2, 0) is 9.63 Å². The lowest BCUT2D eigenvalue weighted by Gasteiger charge is -2.00. The highest BCUT2D eigenvalue weighted by Gasteiger charge is 2.28. The summed E-state index contributed by atoms with van der Waals surface area (Å²) < 4.78 is 0. The maximum atomic E-state index is 10.6. The van der Waals surface area contributed by atoms with Crippen molar-refractivity contribution in [2.45, 2.75) is 19.4 Å². The van der Waals surface area contributed by atoms with Crippen LogP contribution in [0.4, 0.5) is 0 Å². The Hall–Kier alpha value is -1.84. The van der Waals surface area contributed by atoms with Gasteiger partial charge in [-0.25, -0.2) is 4.79 Å². The zero-order valence-corrected chi connectivity index (χ0v) is 8.30. The van der Waals surface area contributed by atoms with Crippen molar-refractivity contribution in [2.75, 3.05) is 0 Å². The molecule has 1 aliphatic rings. The van der Waals surface area contributed by atoms with E-state index in [0.717, 1.165) is 11.1 Å². The quantitative estimate of drug-likeness (QED) is 0.797. The molecule has 1 atom stereocenters. The van der Waals surface area contributed by atoms with Gasteiger partial charge in [-0.3, -0.25) is 0 Å². The van der Waals surface area contributed by atoms with E-state index in [4.69, 9.17) is 9.94 Å². The molecule has 0 saturated heterocycles. The van der Waals surface area contributed by atoms with E-state index >= 15 is 0 Å². The average Bonchev–Trinajstić information content (AvgIpc) is 2.68. The van der Waals surface area contributed by atoms with Gasteiger partial charge in [0.15, 0.2) is 0 Å². The van der Waals surface area contributed by atoms with E-state index in [9.17, 15) is 4.79 Å². The van der Waals surface area contributed by atoms with Crippen LogP contribution >= 0.6 is 0 Å². The number of aliphatic carboxylic acids is 1. The predicted octanol–water partition coefficient (Wildman–Crippen LogP) is 1.57. The molecule has 1 heterocycles. The van der Waals surface area contributed by atoms with E-state index in [0.29, 0.717) is 12.1 Å². The SMILES string of the molecule is Cc1ccc(C2=NO[C@@H](C(=O)O)C2)cc1. The van der Waals surface area contributed by atoms with Crippen LogP contribution in [0.5, 0.6) is 0 Å². The fraction of sp³-hybridized carbons (Fsp3) is 0.273. The minimum atomic E-state index is -0.971. The first kappa shape index (κ1) is 9.71. The highest BCUT2D eigenvalue weighted by atomic mass is 16.7. The molecule has 1 aliphatic heterocycles. The average molecular weight is 205 g/mol. The number of rotatable bonds is 2. The fourth-order valence-electron chi connectivity index (χ4n) is 1.43. The molecule has 0 radical (unpaired) electrons. The van der Waals surface area contributed by atoms with E-state index in [-0.39, 0.29) is 0 Å². The molecular weight excluding hydrogens is 194 g/mol. The van der Waals surface area contributed by atoms with Crippen LogP contribution in [-0.4, -0.2) is 22.9 Å². The summed E-state index contributed by atoms with van der Waals surface area (Å²) in [5.74, 6) is -0.971. The van der Waals surface area contributed by atoms with E-state index in [1.165, 1.54) is 0 Å². The molecule has 0 aromatic heterocycles. The minimum Gasteiger partial charge on any atom is -0.478 e. The molecule has 78 valence electrons. The first-order valence-electron chi connectivity index (χ1n) is 4.69. The van der Waals surface area contributed by atoms with Crippen LogP contribution in [0.25, 0.3) is 0 Å². The van der Waals surface area contributed by atoms with Crippen molar-refractivity contribution in [3.05, 3.63) is 35.4 Å². The maximum Gasteiger partial charge on any atom is 0.348 e. The van der Waals surface area contributed by atoms with Gasteiger partial charge in [0.1, 0.15) is 0 Å². The van der Waals surface area contributed by atoms with Gasteiger partial charge in [0, 0.05) is 6.42 Å². The Bertz CT molecular complexity index is 408. The first-order valence-corrected chi connectivity index (χ1v) is 4.69. The Kier molecular flexibility index (Phi) is 2.41. The molecule has 0 spiro atoms. The number of oxime groups is 1. The van der Waals surface area contributed by atoms with Crippen molar-refractivity contribution in [3.63, 3.8) is 0 Å². The van der Waals surface area contributed by atoms with E-state index in [1.807, 2.05) is 31.2 Å². The minimum absolute atomic E-state index is 0.332. The summed E-state index contributed by atoms with van der Waals surface area (Å²) in [6, 6.07) is 7.77. The van der Waals surface area contributed by atoms with Crippen molar-refractivity contribution >= 4 is 11.7 Å². The molecule has 0 fully saturated rings. The van der Waals surface area contributed by atoms with E-state index in [1.54, 1.807) is 0 Å². The second-order valence-corrected chi connectivity index (χ2v) is 3.54. The van der Waals surface area contributed by atoms with Crippen LogP contribution in [0.15, 0.2) is 29.4 Å². The van der Waals surface area contributed by atoms with Crippen LogP contribution in [0.2, 0.25) is 0 Å². The lowest BCUT2D eigenvalue weighted by atomic mass is 10.0. The van der Waals surface area contributed by atoms with Gasteiger partial charge in [0.25, 0.3) is 0 Å². The molecular formula is C11H11NO3. The molecule has 0 unspecified atom stereocenters. The van der Waals surface area contributed by atoms with Crippen LogP contribution < -0.4 is 0 Å². The molecule has 4 heteroatoms. The number of hydrogen-bond donors (Lipinski definition) is 1. The molecule has 1 aromatic carbocycles. The van der Waals surface area contributed by atoms with Gasteiger partial charge in [-0.2, -0.15) is 0 Å². The summed E-state index contributed by atoms with van der Waals surface area (Å²) >= 11 is 0. The standard InChI is InChI=1S/C11H11NO3/c1-7-2-4-8(5-3-7)9-6-10(11(13)14)15-12-9/h2-5,10H,6H2,1H3,(H,13,14)/t10-/m1/s1. The lowest BCUT2D eigenvalue weighted by molar-refractivity contribution is -0.148. The van der Waals surface area contributed by atoms with Crippen molar-refractivity contribution < 1.29 is 14.7 Å². The first-order chi connectivity index (χ1) is 7.16. The Morgan fingerprint density at radius 2 is 2.13 bits per heavy atom. The lowest BCUT2D eigenvalue weighted by Crippen LogP contribution is -2.19. The van der Waals surface area contributed by atoms with Gasteiger partial charge in [-0.1, -0.05) is 35.0 Å².